The van der Waals surface area contributed by atoms with Gasteiger partial charge >= 0.3 is 0 Å². The molecule has 3 rings (SSSR count). The number of halogens is 2. The van der Waals surface area contributed by atoms with E-state index in [-0.39, 0.29) is 21.6 Å². The molecule has 0 atom stereocenters. The Labute approximate surface area is 177 Å². The fraction of sp³-hybridized carbons (Fsp3) is 0.150. The highest BCUT2D eigenvalue weighted by atomic mass is 35.5. The predicted octanol–water partition coefficient (Wildman–Crippen LogP) is 5.14. The minimum Gasteiger partial charge on any atom is -0.324 e. The Balaban J connectivity index is 1.71. The number of carbonyl (C=O) groups excluding carboxylic acids is 1. The van der Waals surface area contributed by atoms with Gasteiger partial charge < -0.3 is 5.32 Å². The summed E-state index contributed by atoms with van der Waals surface area (Å²) in [5.74, 6) is -0.885. The van der Waals surface area contributed by atoms with Crippen molar-refractivity contribution in [1.82, 2.24) is 0 Å². The molecule has 0 spiro atoms. The van der Waals surface area contributed by atoms with E-state index in [1.165, 1.54) is 18.2 Å². The molecule has 9 heteroatoms. The molecule has 2 aromatic carbocycles. The molecule has 0 radical (unpaired) electrons. The topological polar surface area (TPSA) is 75.3 Å². The molecule has 0 bridgehead atoms. The average Bonchev–Trinajstić information content (AvgIpc) is 3.10. The van der Waals surface area contributed by atoms with Gasteiger partial charge in [0.2, 0.25) is 5.91 Å². The van der Waals surface area contributed by atoms with E-state index in [0.29, 0.717) is 16.3 Å². The number of anilines is 2. The molecule has 0 saturated heterocycles. The quantitative estimate of drug-likeness (QED) is 0.543. The highest BCUT2D eigenvalue weighted by Gasteiger charge is 2.19. The van der Waals surface area contributed by atoms with Crippen molar-refractivity contribution in [3.63, 3.8) is 0 Å². The van der Waals surface area contributed by atoms with Crippen molar-refractivity contribution in [2.75, 3.05) is 10.0 Å². The fourth-order valence-electron chi connectivity index (χ4n) is 2.58. The fourth-order valence-corrected chi connectivity index (χ4v) is 5.27. The molecule has 3 aromatic rings. The lowest BCUT2D eigenvalue weighted by Gasteiger charge is -2.10. The van der Waals surface area contributed by atoms with Crippen molar-refractivity contribution in [1.29, 1.82) is 0 Å². The van der Waals surface area contributed by atoms with E-state index in [4.69, 9.17) is 11.6 Å². The zero-order valence-electron chi connectivity index (χ0n) is 15.6. The Morgan fingerprint density at radius 1 is 1.07 bits per heavy atom. The Morgan fingerprint density at radius 3 is 2.55 bits per heavy atom. The molecule has 0 unspecified atom stereocenters. The number of hydrogen-bond acceptors (Lipinski definition) is 4. The summed E-state index contributed by atoms with van der Waals surface area (Å²) in [7, 11) is -3.76. The number of aryl methyl sites for hydroxylation is 2. The molecule has 5 nitrogen and oxygen atoms in total. The maximum atomic E-state index is 13.1. The van der Waals surface area contributed by atoms with Crippen LogP contribution in [0, 0.1) is 19.7 Å². The minimum atomic E-state index is -3.76. The van der Waals surface area contributed by atoms with Crippen LogP contribution in [0.2, 0.25) is 5.02 Å². The number of hydrogen-bond donors (Lipinski definition) is 2. The molecule has 0 aliphatic rings. The van der Waals surface area contributed by atoms with Gasteiger partial charge in [0.05, 0.1) is 22.8 Å². The molecule has 1 heterocycles. The molecule has 0 fully saturated rings. The zero-order chi connectivity index (χ0) is 21.2. The summed E-state index contributed by atoms with van der Waals surface area (Å²) < 4.78 is 41.2. The van der Waals surface area contributed by atoms with E-state index in [2.05, 4.69) is 10.0 Å². The molecule has 0 aliphatic heterocycles. The third kappa shape index (κ3) is 5.35. The van der Waals surface area contributed by atoms with E-state index in [1.54, 1.807) is 12.1 Å². The number of amides is 1. The second-order valence-corrected chi connectivity index (χ2v) is 9.98. The van der Waals surface area contributed by atoms with Gasteiger partial charge in [-0.05, 0) is 61.4 Å². The number of rotatable bonds is 6. The van der Waals surface area contributed by atoms with Crippen LogP contribution in [0.3, 0.4) is 0 Å². The summed E-state index contributed by atoms with van der Waals surface area (Å²) in [6, 6.07) is 12.2. The summed E-state index contributed by atoms with van der Waals surface area (Å²) in [5.41, 5.74) is 2.56. The van der Waals surface area contributed by atoms with E-state index in [9.17, 15) is 17.6 Å². The van der Waals surface area contributed by atoms with Gasteiger partial charge in [0, 0.05) is 4.88 Å². The number of benzene rings is 2. The number of thiophene rings is 1. The lowest BCUT2D eigenvalue weighted by atomic mass is 10.1. The van der Waals surface area contributed by atoms with Gasteiger partial charge in [-0.3, -0.25) is 9.52 Å². The molecule has 2 N–H and O–H groups in total. The van der Waals surface area contributed by atoms with Gasteiger partial charge in [-0.1, -0.05) is 23.7 Å². The van der Waals surface area contributed by atoms with Crippen molar-refractivity contribution in [2.24, 2.45) is 0 Å². The highest BCUT2D eigenvalue weighted by Crippen LogP contribution is 2.27. The maximum Gasteiger partial charge on any atom is 0.271 e. The molecule has 29 heavy (non-hydrogen) atoms. The molecule has 0 saturated carbocycles. The number of carbonyl (C=O) groups is 1. The van der Waals surface area contributed by atoms with Gasteiger partial charge in [-0.15, -0.1) is 11.3 Å². The summed E-state index contributed by atoms with van der Waals surface area (Å²) in [5, 5.41) is 2.68. The SMILES string of the molecule is Cc1ccc(C)c(NS(=O)(=O)c2ccc(CC(=O)Nc3ccc(F)cc3Cl)s2)c1. The van der Waals surface area contributed by atoms with Crippen molar-refractivity contribution in [3.8, 4) is 0 Å². The van der Waals surface area contributed by atoms with Gasteiger partial charge in [0.25, 0.3) is 10.0 Å². The Hall–Kier alpha value is -2.42. The normalized spacial score (nSPS) is 11.3. The Bertz CT molecular complexity index is 1180. The van der Waals surface area contributed by atoms with Crippen molar-refractivity contribution in [2.45, 2.75) is 24.5 Å². The summed E-state index contributed by atoms with van der Waals surface area (Å²) in [4.78, 5) is 12.8. The summed E-state index contributed by atoms with van der Waals surface area (Å²) in [6.07, 6.45) is -0.0304. The zero-order valence-corrected chi connectivity index (χ0v) is 18.0. The molecule has 152 valence electrons. The van der Waals surface area contributed by atoms with Crippen molar-refractivity contribution < 1.29 is 17.6 Å². The molecular formula is C20H18ClFN2O3S2. The average molecular weight is 453 g/mol. The number of sulfonamides is 1. The minimum absolute atomic E-state index is 0.0304. The number of nitrogens with one attached hydrogen (secondary N) is 2. The van der Waals surface area contributed by atoms with Crippen LogP contribution in [-0.4, -0.2) is 14.3 Å². The van der Waals surface area contributed by atoms with Crippen LogP contribution in [0.5, 0.6) is 0 Å². The summed E-state index contributed by atoms with van der Waals surface area (Å²) >= 11 is 6.91. The second kappa shape index (κ2) is 8.52. The molecule has 1 aromatic heterocycles. The second-order valence-electron chi connectivity index (χ2n) is 6.49. The predicted molar refractivity (Wildman–Crippen MR) is 115 cm³/mol. The van der Waals surface area contributed by atoms with Gasteiger partial charge in [-0.2, -0.15) is 0 Å². The summed E-state index contributed by atoms with van der Waals surface area (Å²) in [6.45, 7) is 3.70. The Morgan fingerprint density at radius 2 is 1.83 bits per heavy atom. The van der Waals surface area contributed by atoms with E-state index in [1.807, 2.05) is 26.0 Å². The highest BCUT2D eigenvalue weighted by molar-refractivity contribution is 7.94. The lowest BCUT2D eigenvalue weighted by molar-refractivity contribution is -0.115. The van der Waals surface area contributed by atoms with Crippen LogP contribution >= 0.6 is 22.9 Å². The molecule has 0 aliphatic carbocycles. The monoisotopic (exact) mass is 452 g/mol. The molecule has 1 amide bonds. The van der Waals surface area contributed by atoms with Crippen molar-refractivity contribution in [3.05, 3.63) is 75.4 Å². The third-order valence-corrected chi connectivity index (χ3v) is 7.33. The van der Waals surface area contributed by atoms with E-state index < -0.39 is 15.8 Å². The van der Waals surface area contributed by atoms with Crippen LogP contribution < -0.4 is 10.0 Å². The first kappa shape index (κ1) is 21.3. The standard InChI is InChI=1S/C20H18ClFN2O3S2/c1-12-3-4-13(2)18(9-12)24-29(26,27)20-8-6-15(28-20)11-19(25)23-17-7-5-14(22)10-16(17)21/h3-10,24H,11H2,1-2H3,(H,23,25). The van der Waals surface area contributed by atoms with Crippen LogP contribution in [0.4, 0.5) is 15.8 Å². The first-order valence-electron chi connectivity index (χ1n) is 8.58. The van der Waals surface area contributed by atoms with Crippen LogP contribution in [0.25, 0.3) is 0 Å². The smallest absolute Gasteiger partial charge is 0.271 e. The molecular weight excluding hydrogens is 435 g/mol. The van der Waals surface area contributed by atoms with Gasteiger partial charge in [-0.25, -0.2) is 12.8 Å². The van der Waals surface area contributed by atoms with Gasteiger partial charge in [0.15, 0.2) is 0 Å². The van der Waals surface area contributed by atoms with Crippen LogP contribution in [0.15, 0.2) is 52.7 Å². The third-order valence-electron chi connectivity index (χ3n) is 4.08. The largest absolute Gasteiger partial charge is 0.324 e. The lowest BCUT2D eigenvalue weighted by Crippen LogP contribution is -2.14. The maximum absolute atomic E-state index is 13.1. The first-order chi connectivity index (χ1) is 13.6. The van der Waals surface area contributed by atoms with Crippen LogP contribution in [0.1, 0.15) is 16.0 Å². The van der Waals surface area contributed by atoms with E-state index in [0.717, 1.165) is 28.5 Å². The van der Waals surface area contributed by atoms with Crippen LogP contribution in [-0.2, 0) is 21.2 Å². The first-order valence-corrected chi connectivity index (χ1v) is 11.3. The van der Waals surface area contributed by atoms with Crippen molar-refractivity contribution >= 4 is 50.2 Å². The Kier molecular flexibility index (Phi) is 6.26. The van der Waals surface area contributed by atoms with Gasteiger partial charge in [0.1, 0.15) is 10.0 Å². The van der Waals surface area contributed by atoms with E-state index >= 15 is 0 Å².